The summed E-state index contributed by atoms with van der Waals surface area (Å²) in [6, 6.07) is 12.5. The summed E-state index contributed by atoms with van der Waals surface area (Å²) < 4.78 is 0. The van der Waals surface area contributed by atoms with Crippen LogP contribution in [0.5, 0.6) is 0 Å². The van der Waals surface area contributed by atoms with Crippen molar-refractivity contribution in [3.63, 3.8) is 0 Å². The van der Waals surface area contributed by atoms with Gasteiger partial charge < -0.3 is 37.6 Å². The van der Waals surface area contributed by atoms with Crippen LogP contribution in [-0.4, -0.2) is 70.1 Å². The van der Waals surface area contributed by atoms with Crippen molar-refractivity contribution in [2.75, 3.05) is 0 Å². The molecule has 5 atom stereocenters. The van der Waals surface area contributed by atoms with Gasteiger partial charge in [-0.15, -0.1) is 0 Å². The number of aliphatic hydroxyl groups is 1. The molecule has 0 aliphatic heterocycles. The molecule has 0 bridgehead atoms. The zero-order valence-electron chi connectivity index (χ0n) is 21.6. The van der Waals surface area contributed by atoms with Crippen LogP contribution in [0.2, 0.25) is 0 Å². The predicted octanol–water partition coefficient (Wildman–Crippen LogP) is -1.02. The number of rotatable bonds is 15. The third-order valence-electron chi connectivity index (χ3n) is 5.91. The number of primary amides is 1. The van der Waals surface area contributed by atoms with Gasteiger partial charge in [-0.2, -0.15) is 0 Å². The molecule has 0 spiro atoms. The summed E-state index contributed by atoms with van der Waals surface area (Å²) in [5.41, 5.74) is 12.6. The summed E-state index contributed by atoms with van der Waals surface area (Å²) in [6.45, 7) is 1.30. The Balaban J connectivity index is 2.17. The summed E-state index contributed by atoms with van der Waals surface area (Å²) in [5, 5.41) is 27.0. The lowest BCUT2D eigenvalue weighted by Crippen LogP contribution is -2.60. The Morgan fingerprint density at radius 3 is 1.77 bits per heavy atom. The second-order valence-corrected chi connectivity index (χ2v) is 9.18. The highest BCUT2D eigenvalue weighted by Crippen LogP contribution is 2.08. The van der Waals surface area contributed by atoms with Crippen LogP contribution in [0.15, 0.2) is 60.7 Å². The van der Waals surface area contributed by atoms with E-state index in [9.17, 15) is 34.2 Å². The highest BCUT2D eigenvalue weighted by Gasteiger charge is 2.32. The van der Waals surface area contributed by atoms with E-state index < -0.39 is 59.9 Å². The van der Waals surface area contributed by atoms with Gasteiger partial charge >= 0.3 is 5.97 Å². The van der Waals surface area contributed by atoms with Crippen molar-refractivity contribution in [3.05, 3.63) is 71.8 Å². The molecule has 12 nitrogen and oxygen atoms in total. The summed E-state index contributed by atoms with van der Waals surface area (Å²) in [4.78, 5) is 61.7. The zero-order valence-corrected chi connectivity index (χ0v) is 21.6. The van der Waals surface area contributed by atoms with E-state index in [2.05, 4.69) is 16.0 Å². The SMILES string of the molecule is CC(O)C(NC(=O)C(N)Cc1ccccc1)C(=O)NC(Cc1ccccc1)C(=O)NC(CCC(N)=O)C(=O)O. The molecular weight excluding hydrogens is 506 g/mol. The van der Waals surface area contributed by atoms with Gasteiger partial charge in [0.2, 0.25) is 23.6 Å². The smallest absolute Gasteiger partial charge is 0.326 e. The Bertz CT molecular complexity index is 1130. The molecule has 0 saturated heterocycles. The van der Waals surface area contributed by atoms with Crippen LogP contribution in [0, 0.1) is 0 Å². The number of aliphatic hydroxyl groups excluding tert-OH is 1. The van der Waals surface area contributed by atoms with E-state index in [-0.39, 0.29) is 25.7 Å². The number of aliphatic carboxylic acids is 1. The van der Waals surface area contributed by atoms with Gasteiger partial charge in [-0.1, -0.05) is 60.7 Å². The van der Waals surface area contributed by atoms with E-state index in [1.54, 1.807) is 54.6 Å². The first kappa shape index (κ1) is 30.9. The van der Waals surface area contributed by atoms with E-state index in [1.807, 2.05) is 6.07 Å². The van der Waals surface area contributed by atoms with Gasteiger partial charge in [0.05, 0.1) is 12.1 Å². The van der Waals surface area contributed by atoms with Crippen molar-refractivity contribution in [3.8, 4) is 0 Å². The van der Waals surface area contributed by atoms with Gasteiger partial charge in [0.1, 0.15) is 18.1 Å². The van der Waals surface area contributed by atoms with Crippen molar-refractivity contribution in [2.45, 2.75) is 62.9 Å². The normalized spacial score (nSPS) is 14.6. The lowest BCUT2D eigenvalue weighted by atomic mass is 10.0. The quantitative estimate of drug-likeness (QED) is 0.148. The van der Waals surface area contributed by atoms with Crippen LogP contribution in [0.1, 0.15) is 30.9 Å². The molecule has 0 aromatic heterocycles. The number of amides is 4. The van der Waals surface area contributed by atoms with E-state index in [1.165, 1.54) is 6.92 Å². The second-order valence-electron chi connectivity index (χ2n) is 9.18. The molecule has 2 aromatic rings. The molecule has 0 saturated carbocycles. The van der Waals surface area contributed by atoms with Crippen molar-refractivity contribution in [1.82, 2.24) is 16.0 Å². The summed E-state index contributed by atoms with van der Waals surface area (Å²) >= 11 is 0. The maximum atomic E-state index is 13.2. The Kier molecular flexibility index (Phi) is 12.1. The molecular formula is C27H35N5O7. The number of hydrogen-bond donors (Lipinski definition) is 7. The van der Waals surface area contributed by atoms with Gasteiger partial charge in [-0.05, 0) is 30.9 Å². The molecule has 5 unspecified atom stereocenters. The van der Waals surface area contributed by atoms with Crippen LogP contribution in [-0.2, 0) is 36.8 Å². The summed E-state index contributed by atoms with van der Waals surface area (Å²) in [7, 11) is 0. The zero-order chi connectivity index (χ0) is 28.9. The fraction of sp³-hybridized carbons (Fsp3) is 0.370. The number of nitrogens with one attached hydrogen (secondary N) is 3. The molecule has 39 heavy (non-hydrogen) atoms. The maximum absolute atomic E-state index is 13.2. The number of nitrogens with two attached hydrogens (primary N) is 2. The molecule has 0 radical (unpaired) electrons. The van der Waals surface area contributed by atoms with Crippen LogP contribution in [0.25, 0.3) is 0 Å². The Labute approximate surface area is 226 Å². The minimum absolute atomic E-state index is 0.0193. The second kappa shape index (κ2) is 15.2. The average molecular weight is 542 g/mol. The fourth-order valence-electron chi connectivity index (χ4n) is 3.76. The van der Waals surface area contributed by atoms with E-state index in [0.29, 0.717) is 5.56 Å². The van der Waals surface area contributed by atoms with Crippen LogP contribution >= 0.6 is 0 Å². The third-order valence-corrected chi connectivity index (χ3v) is 5.91. The molecule has 2 rings (SSSR count). The first-order chi connectivity index (χ1) is 18.5. The molecule has 9 N–H and O–H groups in total. The van der Waals surface area contributed by atoms with E-state index in [0.717, 1.165) is 5.56 Å². The van der Waals surface area contributed by atoms with Crippen molar-refractivity contribution in [2.24, 2.45) is 11.5 Å². The van der Waals surface area contributed by atoms with Gasteiger partial charge in [0.25, 0.3) is 0 Å². The highest BCUT2D eigenvalue weighted by molar-refractivity contribution is 5.94. The number of benzene rings is 2. The lowest BCUT2D eigenvalue weighted by Gasteiger charge is -2.26. The maximum Gasteiger partial charge on any atom is 0.326 e. The Morgan fingerprint density at radius 2 is 1.28 bits per heavy atom. The van der Waals surface area contributed by atoms with Gasteiger partial charge in [0.15, 0.2) is 0 Å². The first-order valence-electron chi connectivity index (χ1n) is 12.4. The molecule has 4 amide bonds. The Morgan fingerprint density at radius 1 is 0.769 bits per heavy atom. The largest absolute Gasteiger partial charge is 0.480 e. The van der Waals surface area contributed by atoms with E-state index in [4.69, 9.17) is 11.5 Å². The standard InChI is InChI=1S/C27H35N5O7/c1-16(33)23(32-24(35)19(28)14-17-8-4-2-5-9-17)26(37)31-21(15-18-10-6-3-7-11-18)25(36)30-20(27(38)39)12-13-22(29)34/h2-11,16,19-21,23,33H,12-15,28H2,1H3,(H2,29,34)(H,30,36)(H,31,37)(H,32,35)(H,38,39). The molecule has 0 heterocycles. The topological polar surface area (TPSA) is 214 Å². The molecule has 0 aliphatic rings. The fourth-order valence-corrected chi connectivity index (χ4v) is 3.76. The lowest BCUT2D eigenvalue weighted by molar-refractivity contribution is -0.142. The number of carboxylic acids is 1. The monoisotopic (exact) mass is 541 g/mol. The third kappa shape index (κ3) is 10.5. The minimum Gasteiger partial charge on any atom is -0.480 e. The predicted molar refractivity (Wildman–Crippen MR) is 142 cm³/mol. The van der Waals surface area contributed by atoms with Crippen LogP contribution < -0.4 is 27.4 Å². The number of carboxylic acid groups (broad SMARTS) is 1. The molecule has 2 aromatic carbocycles. The van der Waals surface area contributed by atoms with Crippen LogP contribution in [0.3, 0.4) is 0 Å². The number of carbonyl (C=O) groups is 5. The average Bonchev–Trinajstić information content (AvgIpc) is 2.89. The van der Waals surface area contributed by atoms with Crippen molar-refractivity contribution >= 4 is 29.6 Å². The summed E-state index contributed by atoms with van der Waals surface area (Å²) in [5.74, 6) is -4.49. The molecule has 12 heteroatoms. The molecule has 0 aliphatic carbocycles. The number of carbonyl (C=O) groups excluding carboxylic acids is 4. The molecule has 0 fully saturated rings. The molecule has 210 valence electrons. The van der Waals surface area contributed by atoms with Gasteiger partial charge in [0, 0.05) is 12.8 Å². The van der Waals surface area contributed by atoms with Gasteiger partial charge in [-0.25, -0.2) is 4.79 Å². The van der Waals surface area contributed by atoms with Gasteiger partial charge in [-0.3, -0.25) is 19.2 Å². The van der Waals surface area contributed by atoms with Crippen molar-refractivity contribution in [1.29, 1.82) is 0 Å². The van der Waals surface area contributed by atoms with Crippen molar-refractivity contribution < 1.29 is 34.2 Å². The minimum atomic E-state index is -1.45. The first-order valence-corrected chi connectivity index (χ1v) is 12.4. The van der Waals surface area contributed by atoms with Crippen LogP contribution in [0.4, 0.5) is 0 Å². The summed E-state index contributed by atoms with van der Waals surface area (Å²) in [6.07, 6.45) is -1.68. The number of hydrogen-bond acceptors (Lipinski definition) is 7. The Hall–Kier alpha value is -4.29. The van der Waals surface area contributed by atoms with E-state index >= 15 is 0 Å². The highest BCUT2D eigenvalue weighted by atomic mass is 16.4.